The average molecular weight is 312 g/mol. The first-order valence-corrected chi connectivity index (χ1v) is 8.94. The van der Waals surface area contributed by atoms with Crippen molar-refractivity contribution in [3.8, 4) is 0 Å². The SMILES string of the molecule is CCNC(c1cc2c(s1)CCCC2)c1sccc1Cl. The molecule has 1 N–H and O–H groups in total. The molecule has 1 unspecified atom stereocenters. The van der Waals surface area contributed by atoms with Crippen LogP contribution >= 0.6 is 34.3 Å². The van der Waals surface area contributed by atoms with Crippen molar-refractivity contribution in [1.82, 2.24) is 5.32 Å². The van der Waals surface area contributed by atoms with Crippen molar-refractivity contribution in [1.29, 1.82) is 0 Å². The molecule has 1 atom stereocenters. The van der Waals surface area contributed by atoms with E-state index in [-0.39, 0.29) is 6.04 Å². The van der Waals surface area contributed by atoms with Crippen LogP contribution in [0.3, 0.4) is 0 Å². The molecule has 0 amide bonds. The van der Waals surface area contributed by atoms with Crippen molar-refractivity contribution < 1.29 is 0 Å². The van der Waals surface area contributed by atoms with E-state index in [0.717, 1.165) is 11.6 Å². The third-order valence-corrected chi connectivity index (χ3v) is 6.34. The standard InChI is InChI=1S/C15H18ClNS2/c1-2-17-14(15-11(16)7-8-18-15)13-9-10-5-3-4-6-12(10)19-13/h7-9,14,17H,2-6H2,1H3. The van der Waals surface area contributed by atoms with Gasteiger partial charge in [0.25, 0.3) is 0 Å². The highest BCUT2D eigenvalue weighted by Gasteiger charge is 2.22. The van der Waals surface area contributed by atoms with Crippen molar-refractivity contribution in [3.63, 3.8) is 0 Å². The van der Waals surface area contributed by atoms with E-state index >= 15 is 0 Å². The summed E-state index contributed by atoms with van der Waals surface area (Å²) in [6.07, 6.45) is 5.20. The molecule has 1 nitrogen and oxygen atoms in total. The molecular formula is C15H18ClNS2. The molecule has 102 valence electrons. The largest absolute Gasteiger partial charge is 0.305 e. The number of hydrogen-bond acceptors (Lipinski definition) is 3. The molecule has 2 heterocycles. The molecule has 4 heteroatoms. The van der Waals surface area contributed by atoms with Gasteiger partial charge in [-0.1, -0.05) is 18.5 Å². The van der Waals surface area contributed by atoms with Crippen molar-refractivity contribution in [2.24, 2.45) is 0 Å². The van der Waals surface area contributed by atoms with Gasteiger partial charge in [0.15, 0.2) is 0 Å². The Morgan fingerprint density at radius 1 is 1.37 bits per heavy atom. The average Bonchev–Trinajstić information content (AvgIpc) is 3.02. The van der Waals surface area contributed by atoms with Crippen LogP contribution in [0.25, 0.3) is 0 Å². The molecule has 0 fully saturated rings. The van der Waals surface area contributed by atoms with Crippen molar-refractivity contribution in [3.05, 3.63) is 42.7 Å². The molecule has 2 aromatic rings. The zero-order chi connectivity index (χ0) is 13.2. The second-order valence-corrected chi connectivity index (χ2v) is 7.45. The normalized spacial score (nSPS) is 16.3. The first-order valence-electron chi connectivity index (χ1n) is 6.87. The first kappa shape index (κ1) is 13.6. The molecular weight excluding hydrogens is 294 g/mol. The summed E-state index contributed by atoms with van der Waals surface area (Å²) in [5.74, 6) is 0. The lowest BCUT2D eigenvalue weighted by atomic mass is 9.98. The minimum atomic E-state index is 0.271. The molecule has 0 spiro atoms. The van der Waals surface area contributed by atoms with Gasteiger partial charge in [-0.25, -0.2) is 0 Å². The van der Waals surface area contributed by atoms with Gasteiger partial charge in [-0.2, -0.15) is 0 Å². The predicted molar refractivity (Wildman–Crippen MR) is 85.8 cm³/mol. The Morgan fingerprint density at radius 2 is 2.21 bits per heavy atom. The van der Waals surface area contributed by atoms with Crippen LogP contribution in [0.5, 0.6) is 0 Å². The lowest BCUT2D eigenvalue weighted by Crippen LogP contribution is -2.20. The number of aryl methyl sites for hydroxylation is 2. The van der Waals surface area contributed by atoms with E-state index in [1.54, 1.807) is 21.8 Å². The molecule has 1 aliphatic rings. The Morgan fingerprint density at radius 3 is 2.89 bits per heavy atom. The van der Waals surface area contributed by atoms with Gasteiger partial charge in [-0.15, -0.1) is 22.7 Å². The molecule has 0 saturated carbocycles. The van der Waals surface area contributed by atoms with Crippen LogP contribution in [0.4, 0.5) is 0 Å². The fourth-order valence-corrected chi connectivity index (χ4v) is 5.37. The molecule has 0 radical (unpaired) electrons. The highest BCUT2D eigenvalue weighted by atomic mass is 35.5. The van der Waals surface area contributed by atoms with E-state index in [4.69, 9.17) is 11.6 Å². The Hall–Kier alpha value is -0.350. The highest BCUT2D eigenvalue weighted by Crippen LogP contribution is 2.39. The maximum atomic E-state index is 6.32. The minimum absolute atomic E-state index is 0.271. The quantitative estimate of drug-likeness (QED) is 0.834. The second kappa shape index (κ2) is 5.96. The lowest BCUT2D eigenvalue weighted by Gasteiger charge is -2.15. The van der Waals surface area contributed by atoms with E-state index < -0.39 is 0 Å². The Balaban J connectivity index is 1.96. The van der Waals surface area contributed by atoms with Crippen molar-refractivity contribution in [2.45, 2.75) is 38.6 Å². The minimum Gasteiger partial charge on any atom is -0.305 e. The summed E-state index contributed by atoms with van der Waals surface area (Å²) in [7, 11) is 0. The van der Waals surface area contributed by atoms with Gasteiger partial charge in [0.2, 0.25) is 0 Å². The summed E-state index contributed by atoms with van der Waals surface area (Å²) in [6, 6.07) is 4.68. The second-order valence-electron chi connectivity index (χ2n) is 4.93. The van der Waals surface area contributed by atoms with Gasteiger partial charge >= 0.3 is 0 Å². The van der Waals surface area contributed by atoms with E-state index in [1.807, 2.05) is 17.4 Å². The van der Waals surface area contributed by atoms with Crippen LogP contribution < -0.4 is 5.32 Å². The molecule has 0 aliphatic heterocycles. The van der Waals surface area contributed by atoms with Crippen LogP contribution in [0.2, 0.25) is 5.02 Å². The maximum absolute atomic E-state index is 6.32. The number of fused-ring (bicyclic) bond motifs is 1. The van der Waals surface area contributed by atoms with Gasteiger partial charge < -0.3 is 5.32 Å². The fourth-order valence-electron chi connectivity index (χ4n) is 2.69. The van der Waals surface area contributed by atoms with Gasteiger partial charge in [0.1, 0.15) is 0 Å². The molecule has 1 aliphatic carbocycles. The molecule has 19 heavy (non-hydrogen) atoms. The number of hydrogen-bond donors (Lipinski definition) is 1. The number of halogens is 1. The molecule has 3 rings (SSSR count). The molecule has 0 saturated heterocycles. The predicted octanol–water partition coefficient (Wildman–Crippen LogP) is 5.04. The Bertz CT molecular complexity index is 535. The third-order valence-electron chi connectivity index (χ3n) is 3.62. The smallest absolute Gasteiger partial charge is 0.0780 e. The van der Waals surface area contributed by atoms with Crippen LogP contribution in [0, 0.1) is 0 Å². The van der Waals surface area contributed by atoms with Gasteiger partial charge in [0, 0.05) is 14.6 Å². The number of thiophene rings is 2. The van der Waals surface area contributed by atoms with Crippen LogP contribution in [0.1, 0.15) is 46.0 Å². The number of nitrogens with one attached hydrogen (secondary N) is 1. The molecule has 2 aromatic heterocycles. The van der Waals surface area contributed by atoms with E-state index in [0.29, 0.717) is 0 Å². The summed E-state index contributed by atoms with van der Waals surface area (Å²) in [4.78, 5) is 4.28. The van der Waals surface area contributed by atoms with Gasteiger partial charge in [-0.05, 0) is 55.3 Å². The van der Waals surface area contributed by atoms with Gasteiger partial charge in [-0.3, -0.25) is 0 Å². The maximum Gasteiger partial charge on any atom is 0.0780 e. The summed E-state index contributed by atoms with van der Waals surface area (Å²) >= 11 is 10.0. The summed E-state index contributed by atoms with van der Waals surface area (Å²) < 4.78 is 0. The highest BCUT2D eigenvalue weighted by molar-refractivity contribution is 7.13. The van der Waals surface area contributed by atoms with Crippen molar-refractivity contribution in [2.75, 3.05) is 6.54 Å². The topological polar surface area (TPSA) is 12.0 Å². The third kappa shape index (κ3) is 2.75. The lowest BCUT2D eigenvalue weighted by molar-refractivity contribution is 0.648. The van der Waals surface area contributed by atoms with Gasteiger partial charge in [0.05, 0.1) is 11.1 Å². The Kier molecular flexibility index (Phi) is 4.27. The summed E-state index contributed by atoms with van der Waals surface area (Å²) in [5.41, 5.74) is 1.57. The van der Waals surface area contributed by atoms with Crippen LogP contribution in [-0.2, 0) is 12.8 Å². The van der Waals surface area contributed by atoms with Crippen molar-refractivity contribution >= 4 is 34.3 Å². The molecule has 0 bridgehead atoms. The Labute approximate surface area is 127 Å². The van der Waals surface area contributed by atoms with Crippen LogP contribution in [-0.4, -0.2) is 6.54 Å². The van der Waals surface area contributed by atoms with E-state index in [2.05, 4.69) is 23.7 Å². The fraction of sp³-hybridized carbons (Fsp3) is 0.467. The zero-order valence-electron chi connectivity index (χ0n) is 11.0. The van der Waals surface area contributed by atoms with Crippen LogP contribution in [0.15, 0.2) is 17.5 Å². The molecule has 0 aromatic carbocycles. The van der Waals surface area contributed by atoms with E-state index in [1.165, 1.54) is 35.4 Å². The summed E-state index contributed by atoms with van der Waals surface area (Å²) in [6.45, 7) is 3.11. The first-order chi connectivity index (χ1) is 9.29. The van der Waals surface area contributed by atoms with E-state index in [9.17, 15) is 0 Å². The summed E-state index contributed by atoms with van der Waals surface area (Å²) in [5, 5.41) is 6.56. The number of rotatable bonds is 4. The monoisotopic (exact) mass is 311 g/mol. The zero-order valence-corrected chi connectivity index (χ0v) is 13.4.